The largest absolute Gasteiger partial charge is 0.493 e. The van der Waals surface area contributed by atoms with Gasteiger partial charge in [-0.3, -0.25) is 0 Å². The average molecular weight is 248 g/mol. The molecule has 100 valence electrons. The minimum Gasteiger partial charge on any atom is -0.493 e. The smallest absolute Gasteiger partial charge is 0.128 e. The van der Waals surface area contributed by atoms with Crippen LogP contribution in [0.15, 0.2) is 18.2 Å². The van der Waals surface area contributed by atoms with Gasteiger partial charge in [-0.1, -0.05) is 44.9 Å². The Hall–Kier alpha value is -1.02. The number of hydrogen-bond donors (Lipinski definition) is 1. The maximum Gasteiger partial charge on any atom is 0.128 e. The van der Waals surface area contributed by atoms with E-state index in [2.05, 4.69) is 19.9 Å². The Balaban J connectivity index is 2.21. The van der Waals surface area contributed by atoms with Gasteiger partial charge in [0.1, 0.15) is 5.75 Å². The highest BCUT2D eigenvalue weighted by atomic mass is 16.5. The van der Waals surface area contributed by atoms with E-state index in [1.807, 2.05) is 12.1 Å². The first-order valence-electron chi connectivity index (χ1n) is 7.20. The molecule has 1 aliphatic heterocycles. The SMILES string of the molecule is CCCC(CCC)C(O)c1cccc2c1OCC2. The van der Waals surface area contributed by atoms with E-state index in [-0.39, 0.29) is 6.10 Å². The first kappa shape index (κ1) is 13.4. The summed E-state index contributed by atoms with van der Waals surface area (Å²) in [5.74, 6) is 1.30. The molecule has 0 fully saturated rings. The second kappa shape index (κ2) is 6.24. The van der Waals surface area contributed by atoms with Crippen LogP contribution in [0.2, 0.25) is 0 Å². The standard InChI is InChI=1S/C16H24O2/c1-3-6-12(7-4-2)15(17)14-9-5-8-13-10-11-18-16(13)14/h5,8-9,12,15,17H,3-4,6-7,10-11H2,1-2H3. The Morgan fingerprint density at radius 2 is 1.94 bits per heavy atom. The number of para-hydroxylation sites is 1. The summed E-state index contributed by atoms with van der Waals surface area (Å²) in [6.07, 6.45) is 5.01. The fourth-order valence-electron chi connectivity index (χ4n) is 2.93. The van der Waals surface area contributed by atoms with Crippen molar-refractivity contribution in [1.29, 1.82) is 0 Å². The van der Waals surface area contributed by atoms with Crippen LogP contribution in [-0.4, -0.2) is 11.7 Å². The Labute approximate surface area is 110 Å². The molecule has 0 aromatic heterocycles. The second-order valence-electron chi connectivity index (χ2n) is 5.22. The van der Waals surface area contributed by atoms with Crippen molar-refractivity contribution in [3.63, 3.8) is 0 Å². The number of aliphatic hydroxyl groups is 1. The molecule has 0 saturated heterocycles. The molecule has 1 aliphatic rings. The van der Waals surface area contributed by atoms with Crippen molar-refractivity contribution in [3.8, 4) is 5.75 Å². The molecule has 0 amide bonds. The molecule has 0 bridgehead atoms. The lowest BCUT2D eigenvalue weighted by atomic mass is 9.87. The number of rotatable bonds is 6. The van der Waals surface area contributed by atoms with E-state index in [0.717, 1.165) is 50.0 Å². The quantitative estimate of drug-likeness (QED) is 0.828. The van der Waals surface area contributed by atoms with Crippen LogP contribution >= 0.6 is 0 Å². The maximum absolute atomic E-state index is 10.6. The topological polar surface area (TPSA) is 29.5 Å². The van der Waals surface area contributed by atoms with Gasteiger partial charge in [0.15, 0.2) is 0 Å². The third-order valence-corrected chi connectivity index (χ3v) is 3.83. The molecule has 2 rings (SSSR count). The minimum atomic E-state index is -0.377. The summed E-state index contributed by atoms with van der Waals surface area (Å²) < 4.78 is 5.70. The molecule has 2 heteroatoms. The summed E-state index contributed by atoms with van der Waals surface area (Å²) in [5, 5.41) is 10.6. The zero-order chi connectivity index (χ0) is 13.0. The monoisotopic (exact) mass is 248 g/mol. The minimum absolute atomic E-state index is 0.357. The van der Waals surface area contributed by atoms with Crippen molar-refractivity contribution in [2.75, 3.05) is 6.61 Å². The summed E-state index contributed by atoms with van der Waals surface area (Å²) in [5.41, 5.74) is 2.25. The van der Waals surface area contributed by atoms with Crippen molar-refractivity contribution >= 4 is 0 Å². The van der Waals surface area contributed by atoms with Crippen LogP contribution in [0.5, 0.6) is 5.75 Å². The lowest BCUT2D eigenvalue weighted by Crippen LogP contribution is -2.13. The van der Waals surface area contributed by atoms with Crippen LogP contribution in [0.3, 0.4) is 0 Å². The summed E-state index contributed by atoms with van der Waals surface area (Å²) in [6.45, 7) is 5.12. The van der Waals surface area contributed by atoms with Crippen molar-refractivity contribution in [2.45, 2.75) is 52.1 Å². The van der Waals surface area contributed by atoms with Crippen LogP contribution in [0.25, 0.3) is 0 Å². The van der Waals surface area contributed by atoms with Gasteiger partial charge in [0.25, 0.3) is 0 Å². The molecule has 0 radical (unpaired) electrons. The van der Waals surface area contributed by atoms with Gasteiger partial charge in [-0.15, -0.1) is 0 Å². The highest BCUT2D eigenvalue weighted by Crippen LogP contribution is 2.38. The van der Waals surface area contributed by atoms with Gasteiger partial charge in [0.05, 0.1) is 12.7 Å². The summed E-state index contributed by atoms with van der Waals surface area (Å²) in [6, 6.07) is 6.17. The van der Waals surface area contributed by atoms with Gasteiger partial charge < -0.3 is 9.84 Å². The fraction of sp³-hybridized carbons (Fsp3) is 0.625. The lowest BCUT2D eigenvalue weighted by Gasteiger charge is -2.24. The molecule has 1 aromatic rings. The summed E-state index contributed by atoms with van der Waals surface area (Å²) in [7, 11) is 0. The van der Waals surface area contributed by atoms with E-state index >= 15 is 0 Å². The van der Waals surface area contributed by atoms with Crippen molar-refractivity contribution in [2.24, 2.45) is 5.92 Å². The first-order chi connectivity index (χ1) is 8.77. The van der Waals surface area contributed by atoms with Crippen LogP contribution < -0.4 is 4.74 Å². The Kier molecular flexibility index (Phi) is 4.65. The normalized spacial score (nSPS) is 15.6. The van der Waals surface area contributed by atoms with E-state index in [9.17, 15) is 5.11 Å². The number of ether oxygens (including phenoxy) is 1. The second-order valence-corrected chi connectivity index (χ2v) is 5.22. The van der Waals surface area contributed by atoms with Gasteiger partial charge in [0, 0.05) is 12.0 Å². The molecule has 1 aromatic carbocycles. The Bertz CT molecular complexity index is 381. The van der Waals surface area contributed by atoms with Gasteiger partial charge in [-0.05, 0) is 24.3 Å². The molecule has 1 atom stereocenters. The highest BCUT2D eigenvalue weighted by Gasteiger charge is 2.25. The van der Waals surface area contributed by atoms with E-state index in [4.69, 9.17) is 4.74 Å². The van der Waals surface area contributed by atoms with Gasteiger partial charge >= 0.3 is 0 Å². The molecule has 1 N–H and O–H groups in total. The summed E-state index contributed by atoms with van der Waals surface area (Å²) in [4.78, 5) is 0. The van der Waals surface area contributed by atoms with E-state index in [1.54, 1.807) is 0 Å². The predicted molar refractivity (Wildman–Crippen MR) is 73.9 cm³/mol. The predicted octanol–water partition coefficient (Wildman–Crippen LogP) is 3.87. The zero-order valence-electron chi connectivity index (χ0n) is 11.5. The number of benzene rings is 1. The Morgan fingerprint density at radius 3 is 2.61 bits per heavy atom. The molecule has 0 aliphatic carbocycles. The number of aliphatic hydroxyl groups excluding tert-OH is 1. The zero-order valence-corrected chi connectivity index (χ0v) is 11.5. The average Bonchev–Trinajstić information content (AvgIpc) is 2.85. The van der Waals surface area contributed by atoms with E-state index < -0.39 is 0 Å². The molecular weight excluding hydrogens is 224 g/mol. The molecule has 1 unspecified atom stereocenters. The number of hydrogen-bond acceptors (Lipinski definition) is 2. The van der Waals surface area contributed by atoms with Gasteiger partial charge in [-0.2, -0.15) is 0 Å². The van der Waals surface area contributed by atoms with Crippen LogP contribution in [-0.2, 0) is 6.42 Å². The van der Waals surface area contributed by atoms with Crippen LogP contribution in [0.4, 0.5) is 0 Å². The van der Waals surface area contributed by atoms with E-state index in [1.165, 1.54) is 5.56 Å². The third kappa shape index (κ3) is 2.69. The molecule has 18 heavy (non-hydrogen) atoms. The number of fused-ring (bicyclic) bond motifs is 1. The van der Waals surface area contributed by atoms with Gasteiger partial charge in [-0.25, -0.2) is 0 Å². The maximum atomic E-state index is 10.6. The highest BCUT2D eigenvalue weighted by molar-refractivity contribution is 5.45. The molecule has 0 spiro atoms. The molecule has 1 heterocycles. The van der Waals surface area contributed by atoms with Crippen LogP contribution in [0.1, 0.15) is 56.8 Å². The fourth-order valence-corrected chi connectivity index (χ4v) is 2.93. The third-order valence-electron chi connectivity index (χ3n) is 3.83. The molecule has 2 nitrogen and oxygen atoms in total. The summed E-state index contributed by atoms with van der Waals surface area (Å²) >= 11 is 0. The van der Waals surface area contributed by atoms with Crippen molar-refractivity contribution in [1.82, 2.24) is 0 Å². The van der Waals surface area contributed by atoms with Crippen LogP contribution in [0, 0.1) is 5.92 Å². The first-order valence-corrected chi connectivity index (χ1v) is 7.20. The van der Waals surface area contributed by atoms with E-state index in [0.29, 0.717) is 5.92 Å². The molecule has 0 saturated carbocycles. The molecular formula is C16H24O2. The lowest BCUT2D eigenvalue weighted by molar-refractivity contribution is 0.0937. The Morgan fingerprint density at radius 1 is 1.22 bits per heavy atom. The van der Waals surface area contributed by atoms with Crippen molar-refractivity contribution < 1.29 is 9.84 Å². The van der Waals surface area contributed by atoms with Crippen molar-refractivity contribution in [3.05, 3.63) is 29.3 Å². The van der Waals surface area contributed by atoms with Gasteiger partial charge in [0.2, 0.25) is 0 Å².